The average molecular weight is 424 g/mol. The number of nitrogens with one attached hydrogen (secondary N) is 2. The molecule has 0 spiro atoms. The molecular formula is C19H25N3O4S2. The second-order valence-electron chi connectivity index (χ2n) is 6.87. The van der Waals surface area contributed by atoms with Crippen molar-refractivity contribution < 1.29 is 13.2 Å². The van der Waals surface area contributed by atoms with Crippen molar-refractivity contribution in [2.24, 2.45) is 0 Å². The molecule has 0 unspecified atom stereocenters. The van der Waals surface area contributed by atoms with Crippen LogP contribution in [0.3, 0.4) is 0 Å². The minimum Gasteiger partial charge on any atom is -0.343 e. The first kappa shape index (κ1) is 20.8. The van der Waals surface area contributed by atoms with Crippen LogP contribution in [-0.2, 0) is 21.2 Å². The van der Waals surface area contributed by atoms with Crippen molar-refractivity contribution in [3.63, 3.8) is 0 Å². The van der Waals surface area contributed by atoms with Gasteiger partial charge in [-0.25, -0.2) is 13.1 Å². The molecule has 1 aliphatic rings. The van der Waals surface area contributed by atoms with Crippen molar-refractivity contribution in [1.82, 2.24) is 14.6 Å². The van der Waals surface area contributed by atoms with Crippen molar-refractivity contribution >= 4 is 27.3 Å². The number of nitrogens with zero attached hydrogens (tertiary/aromatic N) is 1. The second-order valence-corrected chi connectivity index (χ2v) is 9.95. The minimum atomic E-state index is -3.60. The summed E-state index contributed by atoms with van der Waals surface area (Å²) >= 11 is 1.18. The Hall–Kier alpha value is -1.97. The number of amides is 1. The van der Waals surface area contributed by atoms with Gasteiger partial charge in [0.2, 0.25) is 15.9 Å². The number of aryl methyl sites for hydroxylation is 2. The van der Waals surface area contributed by atoms with E-state index in [1.807, 2.05) is 19.9 Å². The summed E-state index contributed by atoms with van der Waals surface area (Å²) in [5, 5.41) is 0. The Morgan fingerprint density at radius 3 is 2.75 bits per heavy atom. The molecule has 3 heterocycles. The fourth-order valence-corrected chi connectivity index (χ4v) is 5.78. The third-order valence-electron chi connectivity index (χ3n) is 4.88. The highest BCUT2D eigenvalue weighted by Gasteiger charge is 2.21. The van der Waals surface area contributed by atoms with Gasteiger partial charge in [0.05, 0.1) is 0 Å². The van der Waals surface area contributed by atoms with E-state index in [9.17, 15) is 18.0 Å². The van der Waals surface area contributed by atoms with Crippen LogP contribution < -0.4 is 10.3 Å². The standard InChI is InChI=1S/C19H25N3O4S2/c1-3-14-12-15(13(2)21-19(14)24)16-7-8-18(27-16)28(25,26)20-9-5-11-22-10-4-6-17(22)23/h7-8,12,20H,3-6,9-11H2,1-2H3,(H,21,24). The summed E-state index contributed by atoms with van der Waals surface area (Å²) in [4.78, 5) is 28.9. The van der Waals surface area contributed by atoms with Crippen molar-refractivity contribution in [1.29, 1.82) is 0 Å². The van der Waals surface area contributed by atoms with Crippen molar-refractivity contribution in [2.45, 2.75) is 43.7 Å². The molecular weight excluding hydrogens is 398 g/mol. The number of likely N-dealkylation sites (tertiary alicyclic amines) is 1. The lowest BCUT2D eigenvalue weighted by atomic mass is 10.1. The zero-order valence-corrected chi connectivity index (χ0v) is 17.7. The molecule has 1 saturated heterocycles. The number of H-pyrrole nitrogens is 1. The molecule has 0 saturated carbocycles. The van der Waals surface area contributed by atoms with Crippen molar-refractivity contribution in [3.05, 3.63) is 39.8 Å². The fourth-order valence-electron chi connectivity index (χ4n) is 3.28. The fraction of sp³-hybridized carbons (Fsp3) is 0.474. The molecule has 9 heteroatoms. The van der Waals surface area contributed by atoms with Gasteiger partial charge in [0.1, 0.15) is 4.21 Å². The second kappa shape index (κ2) is 8.59. The Bertz CT molecular complexity index is 1020. The van der Waals surface area contributed by atoms with E-state index < -0.39 is 10.0 Å². The van der Waals surface area contributed by atoms with Gasteiger partial charge in [-0.05, 0) is 44.4 Å². The van der Waals surface area contributed by atoms with E-state index in [2.05, 4.69) is 9.71 Å². The lowest BCUT2D eigenvalue weighted by Gasteiger charge is -2.15. The summed E-state index contributed by atoms with van der Waals surface area (Å²) in [7, 11) is -3.60. The SMILES string of the molecule is CCc1cc(-c2ccc(S(=O)(=O)NCCCN3CCCC3=O)s2)c(C)[nH]c1=O. The molecule has 2 aromatic heterocycles. The molecule has 1 aliphatic heterocycles. The van der Waals surface area contributed by atoms with Gasteiger partial charge in [0.15, 0.2) is 0 Å². The number of hydrogen-bond donors (Lipinski definition) is 2. The zero-order valence-electron chi connectivity index (χ0n) is 16.1. The number of sulfonamides is 1. The maximum Gasteiger partial charge on any atom is 0.251 e. The molecule has 1 fully saturated rings. The van der Waals surface area contributed by atoms with Crippen LogP contribution in [0.2, 0.25) is 0 Å². The predicted molar refractivity (Wildman–Crippen MR) is 110 cm³/mol. The topological polar surface area (TPSA) is 99.3 Å². The Morgan fingerprint density at radius 1 is 1.29 bits per heavy atom. The highest BCUT2D eigenvalue weighted by atomic mass is 32.2. The number of rotatable bonds is 8. The highest BCUT2D eigenvalue weighted by Crippen LogP contribution is 2.32. The van der Waals surface area contributed by atoms with Gasteiger partial charge < -0.3 is 9.88 Å². The molecule has 0 aromatic carbocycles. The van der Waals surface area contributed by atoms with Gasteiger partial charge in [0.25, 0.3) is 5.56 Å². The van der Waals surface area contributed by atoms with Gasteiger partial charge in [0, 0.05) is 47.8 Å². The summed E-state index contributed by atoms with van der Waals surface area (Å²) in [5.74, 6) is 0.147. The average Bonchev–Trinajstić information content (AvgIpc) is 3.29. The Balaban J connectivity index is 1.67. The molecule has 0 bridgehead atoms. The first-order chi connectivity index (χ1) is 13.3. The first-order valence-corrected chi connectivity index (χ1v) is 11.7. The van der Waals surface area contributed by atoms with Gasteiger partial charge in [-0.3, -0.25) is 9.59 Å². The Morgan fingerprint density at radius 2 is 2.07 bits per heavy atom. The lowest BCUT2D eigenvalue weighted by Crippen LogP contribution is -2.30. The van der Waals surface area contributed by atoms with E-state index in [4.69, 9.17) is 0 Å². The number of hydrogen-bond acceptors (Lipinski definition) is 5. The van der Waals surface area contributed by atoms with Crippen LogP contribution in [0.5, 0.6) is 0 Å². The van der Waals surface area contributed by atoms with Crippen LogP contribution in [0.1, 0.15) is 37.4 Å². The third-order valence-corrected chi connectivity index (χ3v) is 7.95. The monoisotopic (exact) mass is 423 g/mol. The number of aromatic amines is 1. The molecule has 152 valence electrons. The summed E-state index contributed by atoms with van der Waals surface area (Å²) in [6, 6.07) is 5.18. The van der Waals surface area contributed by atoms with Gasteiger partial charge in [-0.2, -0.15) is 0 Å². The maximum atomic E-state index is 12.6. The van der Waals surface area contributed by atoms with Crippen LogP contribution in [-0.4, -0.2) is 43.8 Å². The number of pyridine rings is 1. The molecule has 2 aromatic rings. The van der Waals surface area contributed by atoms with Gasteiger partial charge in [-0.1, -0.05) is 6.92 Å². The Kier molecular flexibility index (Phi) is 6.36. The smallest absolute Gasteiger partial charge is 0.251 e. The molecule has 3 rings (SSSR count). The van der Waals surface area contributed by atoms with E-state index in [1.54, 1.807) is 17.0 Å². The molecule has 2 N–H and O–H groups in total. The van der Waals surface area contributed by atoms with E-state index in [0.717, 1.165) is 29.1 Å². The lowest BCUT2D eigenvalue weighted by molar-refractivity contribution is -0.127. The molecule has 28 heavy (non-hydrogen) atoms. The van der Waals surface area contributed by atoms with Crippen molar-refractivity contribution in [3.8, 4) is 10.4 Å². The molecule has 0 atom stereocenters. The largest absolute Gasteiger partial charge is 0.343 e. The molecule has 7 nitrogen and oxygen atoms in total. The molecule has 0 radical (unpaired) electrons. The number of aromatic nitrogens is 1. The molecule has 0 aliphatic carbocycles. The summed E-state index contributed by atoms with van der Waals surface area (Å²) in [6.07, 6.45) is 2.67. The Labute approximate surface area is 168 Å². The predicted octanol–water partition coefficient (Wildman–Crippen LogP) is 2.27. The van der Waals surface area contributed by atoms with E-state index in [0.29, 0.717) is 31.4 Å². The highest BCUT2D eigenvalue weighted by molar-refractivity contribution is 7.91. The summed E-state index contributed by atoms with van der Waals surface area (Å²) in [6.45, 7) is 5.35. The number of carbonyl (C=O) groups is 1. The normalized spacial score (nSPS) is 14.8. The van der Waals surface area contributed by atoms with Crippen LogP contribution in [0, 0.1) is 6.92 Å². The van der Waals surface area contributed by atoms with Crippen LogP contribution in [0.4, 0.5) is 0 Å². The quantitative estimate of drug-likeness (QED) is 0.636. The van der Waals surface area contributed by atoms with E-state index >= 15 is 0 Å². The minimum absolute atomic E-state index is 0.105. The number of thiophene rings is 1. The zero-order chi connectivity index (χ0) is 20.3. The van der Waals surface area contributed by atoms with Crippen LogP contribution in [0.25, 0.3) is 10.4 Å². The summed E-state index contributed by atoms with van der Waals surface area (Å²) in [5.41, 5.74) is 2.13. The van der Waals surface area contributed by atoms with Crippen molar-refractivity contribution in [2.75, 3.05) is 19.6 Å². The first-order valence-electron chi connectivity index (χ1n) is 9.42. The number of carbonyl (C=O) groups excluding carboxylic acids is 1. The maximum absolute atomic E-state index is 12.6. The molecule has 1 amide bonds. The summed E-state index contributed by atoms with van der Waals surface area (Å²) < 4.78 is 28.0. The third kappa shape index (κ3) is 4.53. The van der Waals surface area contributed by atoms with Crippen LogP contribution >= 0.6 is 11.3 Å². The van der Waals surface area contributed by atoms with Crippen LogP contribution in [0.15, 0.2) is 27.2 Å². The van der Waals surface area contributed by atoms with E-state index in [-0.39, 0.29) is 22.2 Å². The van der Waals surface area contributed by atoms with Gasteiger partial charge in [-0.15, -0.1) is 11.3 Å². The van der Waals surface area contributed by atoms with E-state index in [1.165, 1.54) is 11.3 Å². The van der Waals surface area contributed by atoms with Gasteiger partial charge >= 0.3 is 0 Å².